The van der Waals surface area contributed by atoms with Crippen molar-refractivity contribution in [3.8, 4) is 5.69 Å². The molecule has 1 saturated heterocycles. The van der Waals surface area contributed by atoms with Crippen LogP contribution in [0.4, 0.5) is 0 Å². The second kappa shape index (κ2) is 9.15. The smallest absolute Gasteiger partial charge is 0.350 e. The number of rotatable bonds is 6. The lowest BCUT2D eigenvalue weighted by Crippen LogP contribution is -2.38. The molecule has 3 heterocycles. The highest BCUT2D eigenvalue weighted by molar-refractivity contribution is 7.99. The summed E-state index contributed by atoms with van der Waals surface area (Å²) in [6, 6.07) is 11.1. The molecule has 1 aliphatic rings. The Morgan fingerprint density at radius 1 is 1.13 bits per heavy atom. The normalized spacial score (nSPS) is 15.2. The number of esters is 1. The van der Waals surface area contributed by atoms with Gasteiger partial charge in [0.1, 0.15) is 16.4 Å². The fourth-order valence-electron chi connectivity index (χ4n) is 3.41. The van der Waals surface area contributed by atoms with Gasteiger partial charge in [-0.05, 0) is 49.1 Å². The molecule has 0 radical (unpaired) electrons. The molecule has 4 rings (SSSR count). The third-order valence-electron chi connectivity index (χ3n) is 4.96. The summed E-state index contributed by atoms with van der Waals surface area (Å²) >= 11 is 2.82. The molecule has 0 aliphatic carbocycles. The van der Waals surface area contributed by atoms with Crippen LogP contribution in [0.3, 0.4) is 0 Å². The second-order valence-electron chi connectivity index (χ2n) is 7.21. The fraction of sp³-hybridized carbons (Fsp3) is 0.333. The molecule has 0 amide bonds. The quantitative estimate of drug-likeness (QED) is 0.504. The van der Waals surface area contributed by atoms with Crippen molar-refractivity contribution in [3.05, 3.63) is 63.6 Å². The summed E-state index contributed by atoms with van der Waals surface area (Å²) in [5.41, 5.74) is 3.72. The fourth-order valence-corrected chi connectivity index (χ4v) is 7.27. The van der Waals surface area contributed by atoms with Gasteiger partial charge in [-0.2, -0.15) is 21.2 Å². The molecule has 0 unspecified atom stereocenters. The van der Waals surface area contributed by atoms with Crippen LogP contribution in [0, 0.1) is 13.8 Å². The zero-order valence-electron chi connectivity index (χ0n) is 17.3. The van der Waals surface area contributed by atoms with Crippen molar-refractivity contribution in [2.45, 2.75) is 25.3 Å². The molecule has 1 aromatic carbocycles. The summed E-state index contributed by atoms with van der Waals surface area (Å²) in [4.78, 5) is 12.8. The van der Waals surface area contributed by atoms with E-state index < -0.39 is 16.0 Å². The van der Waals surface area contributed by atoms with Gasteiger partial charge in [0, 0.05) is 30.3 Å². The summed E-state index contributed by atoms with van der Waals surface area (Å²) in [6.45, 7) is 4.91. The highest BCUT2D eigenvalue weighted by Gasteiger charge is 2.31. The molecule has 0 N–H and O–H groups in total. The number of benzene rings is 1. The van der Waals surface area contributed by atoms with E-state index in [1.807, 2.05) is 48.9 Å². The van der Waals surface area contributed by atoms with Crippen LogP contribution in [0.5, 0.6) is 0 Å². The van der Waals surface area contributed by atoms with Crippen LogP contribution in [0.2, 0.25) is 0 Å². The van der Waals surface area contributed by atoms with Crippen LogP contribution in [0.25, 0.3) is 5.69 Å². The molecule has 0 bridgehead atoms. The van der Waals surface area contributed by atoms with Gasteiger partial charge in [0.05, 0.1) is 11.4 Å². The van der Waals surface area contributed by atoms with Crippen molar-refractivity contribution in [3.63, 3.8) is 0 Å². The van der Waals surface area contributed by atoms with Crippen molar-refractivity contribution >= 4 is 39.1 Å². The molecule has 0 atom stereocenters. The minimum absolute atomic E-state index is 0.0364. The highest BCUT2D eigenvalue weighted by Crippen LogP contribution is 2.28. The maximum atomic E-state index is 13.0. The van der Waals surface area contributed by atoms with E-state index in [4.69, 9.17) is 4.74 Å². The molecule has 10 heteroatoms. The average molecular weight is 478 g/mol. The van der Waals surface area contributed by atoms with E-state index >= 15 is 0 Å². The predicted molar refractivity (Wildman–Crippen MR) is 123 cm³/mol. The van der Waals surface area contributed by atoms with Crippen molar-refractivity contribution in [2.24, 2.45) is 0 Å². The predicted octanol–water partition coefficient (Wildman–Crippen LogP) is 3.65. The third kappa shape index (κ3) is 4.72. The number of hydrogen-bond donors (Lipinski definition) is 0. The first-order valence-corrected chi connectivity index (χ1v) is 13.3. The van der Waals surface area contributed by atoms with E-state index in [-0.39, 0.29) is 16.4 Å². The number of thiophene rings is 1. The Morgan fingerprint density at radius 3 is 2.48 bits per heavy atom. The summed E-state index contributed by atoms with van der Waals surface area (Å²) in [5, 5.41) is 6.08. The minimum Gasteiger partial charge on any atom is -0.457 e. The molecule has 1 aliphatic heterocycles. The Hall–Kier alpha value is -2.14. The van der Waals surface area contributed by atoms with Gasteiger partial charge < -0.3 is 4.74 Å². The van der Waals surface area contributed by atoms with Crippen LogP contribution in [-0.2, 0) is 21.4 Å². The van der Waals surface area contributed by atoms with Gasteiger partial charge in [0.15, 0.2) is 0 Å². The molecular weight excluding hydrogens is 454 g/mol. The Bertz CT molecular complexity index is 1180. The van der Waals surface area contributed by atoms with Crippen LogP contribution in [-0.4, -0.2) is 53.1 Å². The molecule has 7 nitrogen and oxygen atoms in total. The standard InChI is InChI=1S/C21H23N3O4S3/c1-15-13-16(2)24(22-15)18-5-3-17(4-6-18)14-28-21(25)20-19(7-10-30-20)31(26,27)23-8-11-29-12-9-23/h3-7,10,13H,8-9,11-12,14H2,1-2H3. The van der Waals surface area contributed by atoms with Gasteiger partial charge in [-0.15, -0.1) is 11.3 Å². The second-order valence-corrected chi connectivity index (χ2v) is 11.3. The van der Waals surface area contributed by atoms with Gasteiger partial charge in [-0.25, -0.2) is 17.9 Å². The average Bonchev–Trinajstić information content (AvgIpc) is 3.40. The van der Waals surface area contributed by atoms with E-state index in [0.717, 1.165) is 45.5 Å². The van der Waals surface area contributed by atoms with Crippen molar-refractivity contribution in [1.82, 2.24) is 14.1 Å². The number of nitrogens with zero attached hydrogens (tertiary/aromatic N) is 3. The van der Waals surface area contributed by atoms with Crippen molar-refractivity contribution in [2.75, 3.05) is 24.6 Å². The van der Waals surface area contributed by atoms with Gasteiger partial charge in [-0.1, -0.05) is 12.1 Å². The maximum absolute atomic E-state index is 13.0. The molecule has 0 spiro atoms. The molecular formula is C21H23N3O4S3. The first-order chi connectivity index (χ1) is 14.9. The Labute approximate surface area is 190 Å². The summed E-state index contributed by atoms with van der Waals surface area (Å²) < 4.78 is 34.6. The number of carbonyl (C=O) groups is 1. The largest absolute Gasteiger partial charge is 0.457 e. The van der Waals surface area contributed by atoms with Crippen LogP contribution in [0.15, 0.2) is 46.7 Å². The first-order valence-electron chi connectivity index (χ1n) is 9.81. The Balaban J connectivity index is 1.44. The van der Waals surface area contributed by atoms with Gasteiger partial charge >= 0.3 is 5.97 Å². The lowest BCUT2D eigenvalue weighted by atomic mass is 10.2. The van der Waals surface area contributed by atoms with Gasteiger partial charge in [-0.3, -0.25) is 0 Å². The van der Waals surface area contributed by atoms with Crippen LogP contribution < -0.4 is 0 Å². The number of hydrogen-bond acceptors (Lipinski definition) is 7. The summed E-state index contributed by atoms with van der Waals surface area (Å²) in [6.07, 6.45) is 0. The Morgan fingerprint density at radius 2 is 1.84 bits per heavy atom. The molecule has 1 fully saturated rings. The molecule has 164 valence electrons. The van der Waals surface area contributed by atoms with Crippen molar-refractivity contribution in [1.29, 1.82) is 0 Å². The number of aryl methyl sites for hydroxylation is 2. The van der Waals surface area contributed by atoms with Gasteiger partial charge in [0.25, 0.3) is 0 Å². The van der Waals surface area contributed by atoms with Crippen LogP contribution >= 0.6 is 23.1 Å². The SMILES string of the molecule is Cc1cc(C)n(-c2ccc(COC(=O)c3sccc3S(=O)(=O)N3CCSCC3)cc2)n1. The van der Waals surface area contributed by atoms with E-state index in [2.05, 4.69) is 5.10 Å². The molecule has 2 aromatic heterocycles. The zero-order chi connectivity index (χ0) is 22.0. The number of ether oxygens (including phenoxy) is 1. The van der Waals surface area contributed by atoms with E-state index in [9.17, 15) is 13.2 Å². The minimum atomic E-state index is -3.70. The first kappa shape index (κ1) is 22.1. The van der Waals surface area contributed by atoms with Crippen molar-refractivity contribution < 1.29 is 17.9 Å². The maximum Gasteiger partial charge on any atom is 0.350 e. The summed E-state index contributed by atoms with van der Waals surface area (Å²) in [5.74, 6) is 0.899. The topological polar surface area (TPSA) is 81.5 Å². The van der Waals surface area contributed by atoms with E-state index in [1.54, 1.807) is 17.1 Å². The monoisotopic (exact) mass is 477 g/mol. The molecule has 3 aromatic rings. The lowest BCUT2D eigenvalue weighted by Gasteiger charge is -2.25. The molecule has 31 heavy (non-hydrogen) atoms. The van der Waals surface area contributed by atoms with Gasteiger partial charge in [0.2, 0.25) is 10.0 Å². The van der Waals surface area contributed by atoms with E-state index in [0.29, 0.717) is 13.1 Å². The lowest BCUT2D eigenvalue weighted by molar-refractivity contribution is 0.0474. The van der Waals surface area contributed by atoms with Crippen LogP contribution in [0.1, 0.15) is 26.6 Å². The zero-order valence-corrected chi connectivity index (χ0v) is 19.7. The highest BCUT2D eigenvalue weighted by atomic mass is 32.2. The number of thioether (sulfide) groups is 1. The number of sulfonamides is 1. The molecule has 0 saturated carbocycles. The third-order valence-corrected chi connectivity index (χ3v) is 8.87. The van der Waals surface area contributed by atoms with E-state index in [1.165, 1.54) is 10.4 Å². The number of aromatic nitrogens is 2. The Kier molecular flexibility index (Phi) is 6.52. The summed E-state index contributed by atoms with van der Waals surface area (Å²) in [7, 11) is -3.70. The number of carbonyl (C=O) groups excluding carboxylic acids is 1.